The second-order valence-electron chi connectivity index (χ2n) is 6.52. The fourth-order valence-corrected chi connectivity index (χ4v) is 6.91. The number of halogens is 3. The first-order valence-electron chi connectivity index (χ1n) is 7.97. The predicted molar refractivity (Wildman–Crippen MR) is 91.5 cm³/mol. The summed E-state index contributed by atoms with van der Waals surface area (Å²) in [5.41, 5.74) is 0. The number of rotatable bonds is 4. The van der Waals surface area contributed by atoms with Crippen molar-refractivity contribution < 1.29 is 34.8 Å². The predicted octanol–water partition coefficient (Wildman–Crippen LogP) is 0.742. The largest absolute Gasteiger partial charge is 0.393 e. The topological polar surface area (TPSA) is 91.8 Å². The van der Waals surface area contributed by atoms with Gasteiger partial charge in [-0.2, -0.15) is 30.2 Å². The van der Waals surface area contributed by atoms with Gasteiger partial charge in [0.1, 0.15) is 0 Å². The third-order valence-electron chi connectivity index (χ3n) is 4.44. The van der Waals surface area contributed by atoms with Crippen molar-refractivity contribution in [2.24, 2.45) is 11.8 Å². The first-order valence-corrected chi connectivity index (χ1v) is 12.2. The van der Waals surface area contributed by atoms with Crippen LogP contribution >= 0.6 is 11.8 Å². The summed E-state index contributed by atoms with van der Waals surface area (Å²) in [4.78, 5) is 11.1. The first kappa shape index (κ1) is 21.9. The minimum atomic E-state index is -4.54. The average Bonchev–Trinajstić information content (AvgIpc) is 2.51. The normalized spacial score (nSPS) is 28.8. The van der Waals surface area contributed by atoms with Crippen LogP contribution in [0.5, 0.6) is 0 Å². The molecule has 0 aliphatic carbocycles. The highest BCUT2D eigenvalue weighted by Gasteiger charge is 2.48. The van der Waals surface area contributed by atoms with Crippen molar-refractivity contribution in [1.29, 1.82) is 0 Å². The zero-order valence-electron chi connectivity index (χ0n) is 14.1. The van der Waals surface area contributed by atoms with Gasteiger partial charge >= 0.3 is 6.18 Å². The maximum Gasteiger partial charge on any atom is 0.393 e. The lowest BCUT2D eigenvalue weighted by atomic mass is 9.91. The summed E-state index contributed by atoms with van der Waals surface area (Å²) in [6, 6.07) is 0. The molecule has 0 aromatic rings. The molecule has 2 saturated heterocycles. The molecule has 0 spiro atoms. The van der Waals surface area contributed by atoms with Gasteiger partial charge in [0, 0.05) is 38.9 Å². The van der Waals surface area contributed by atoms with Crippen LogP contribution in [0.1, 0.15) is 13.3 Å². The van der Waals surface area contributed by atoms with Gasteiger partial charge in [0.05, 0.1) is 17.4 Å². The molecule has 13 heteroatoms. The van der Waals surface area contributed by atoms with Gasteiger partial charge < -0.3 is 0 Å². The van der Waals surface area contributed by atoms with E-state index in [2.05, 4.69) is 0 Å². The Kier molecular flexibility index (Phi) is 6.69. The number of sulfone groups is 1. The molecule has 2 aliphatic heterocycles. The number of alkyl halides is 3. The monoisotopic (exact) mass is 438 g/mol. The summed E-state index contributed by atoms with van der Waals surface area (Å²) in [5.74, 6) is -2.98. The molecule has 152 valence electrons. The highest BCUT2D eigenvalue weighted by Crippen LogP contribution is 2.37. The van der Waals surface area contributed by atoms with E-state index < -0.39 is 44.6 Å². The maximum atomic E-state index is 13.2. The van der Waals surface area contributed by atoms with E-state index in [-0.39, 0.29) is 48.4 Å². The molecule has 0 bridgehead atoms. The third-order valence-corrected chi connectivity index (χ3v) is 9.07. The van der Waals surface area contributed by atoms with Crippen molar-refractivity contribution in [3.8, 4) is 0 Å². The van der Waals surface area contributed by atoms with Gasteiger partial charge in [-0.15, -0.1) is 0 Å². The van der Waals surface area contributed by atoms with Crippen LogP contribution in [0.2, 0.25) is 0 Å². The molecule has 2 atom stereocenters. The summed E-state index contributed by atoms with van der Waals surface area (Å²) in [5, 5.41) is -0.241. The van der Waals surface area contributed by atoms with Crippen molar-refractivity contribution in [3.63, 3.8) is 0 Å². The van der Waals surface area contributed by atoms with Gasteiger partial charge in [-0.25, -0.2) is 8.42 Å². The Morgan fingerprint density at radius 1 is 1.15 bits per heavy atom. The fourth-order valence-electron chi connectivity index (χ4n) is 3.03. The molecule has 26 heavy (non-hydrogen) atoms. The quantitative estimate of drug-likeness (QED) is 0.643. The Balaban J connectivity index is 2.17. The fraction of sp³-hybridized carbons (Fsp3) is 0.923. The molecule has 2 aliphatic rings. The van der Waals surface area contributed by atoms with E-state index >= 15 is 0 Å². The van der Waals surface area contributed by atoms with E-state index in [0.29, 0.717) is 0 Å². The average molecular weight is 439 g/mol. The summed E-state index contributed by atoms with van der Waals surface area (Å²) in [6.45, 7) is -0.0123. The Morgan fingerprint density at radius 3 is 2.23 bits per heavy atom. The molecule has 2 unspecified atom stereocenters. The number of carbonyl (C=O) groups is 1. The highest BCUT2D eigenvalue weighted by atomic mass is 32.2. The van der Waals surface area contributed by atoms with Gasteiger partial charge in [-0.05, 0) is 12.3 Å². The molecule has 0 saturated carbocycles. The van der Waals surface area contributed by atoms with Crippen LogP contribution in [0.3, 0.4) is 0 Å². The molecule has 2 heterocycles. The van der Waals surface area contributed by atoms with E-state index in [4.69, 9.17) is 0 Å². The van der Waals surface area contributed by atoms with Crippen molar-refractivity contribution in [2.45, 2.75) is 19.5 Å². The zero-order chi connectivity index (χ0) is 19.8. The maximum absolute atomic E-state index is 13.2. The minimum absolute atomic E-state index is 0.113. The molecule has 0 radical (unpaired) electrons. The molecule has 0 N–H and O–H groups in total. The number of hydrogen-bond donors (Lipinski definition) is 0. The molecule has 2 fully saturated rings. The number of piperidine rings is 1. The van der Waals surface area contributed by atoms with Crippen LogP contribution in [0.15, 0.2) is 0 Å². The van der Waals surface area contributed by atoms with Crippen LogP contribution in [-0.2, 0) is 24.8 Å². The van der Waals surface area contributed by atoms with E-state index in [1.54, 1.807) is 0 Å². The summed E-state index contributed by atoms with van der Waals surface area (Å²) < 4.78 is 89.8. The number of nitrogens with zero attached hydrogens (tertiary/aromatic N) is 2. The van der Waals surface area contributed by atoms with Gasteiger partial charge in [0.2, 0.25) is 0 Å². The minimum Gasteiger partial charge on any atom is -0.288 e. The lowest BCUT2D eigenvalue weighted by Gasteiger charge is -2.40. The van der Waals surface area contributed by atoms with Crippen molar-refractivity contribution in [3.05, 3.63) is 0 Å². The van der Waals surface area contributed by atoms with E-state index in [9.17, 15) is 34.8 Å². The standard InChI is InChI=1S/C13H21F3N2O5S3/c1-10(19)24-9-11-6-12(13(14,15)16)8-18(7-11)26(22,23)17-2-4-25(20,21)5-3-17/h11-12H,2-9H2,1H3. The lowest BCUT2D eigenvalue weighted by Crippen LogP contribution is -2.55. The molecule has 0 aromatic heterocycles. The Hall–Kier alpha value is -0.370. The third kappa shape index (κ3) is 5.57. The van der Waals surface area contributed by atoms with Gasteiger partial charge in [-0.1, -0.05) is 11.8 Å². The Labute approximate surface area is 155 Å². The Bertz CT molecular complexity index is 725. The van der Waals surface area contributed by atoms with Crippen LogP contribution < -0.4 is 0 Å². The second kappa shape index (κ2) is 7.94. The van der Waals surface area contributed by atoms with Crippen molar-refractivity contribution in [2.75, 3.05) is 43.4 Å². The lowest BCUT2D eigenvalue weighted by molar-refractivity contribution is -0.186. The van der Waals surface area contributed by atoms with E-state index in [0.717, 1.165) is 20.4 Å². The molecule has 2 rings (SSSR count). The van der Waals surface area contributed by atoms with Crippen molar-refractivity contribution in [1.82, 2.24) is 8.61 Å². The van der Waals surface area contributed by atoms with Crippen LogP contribution in [0.4, 0.5) is 13.2 Å². The summed E-state index contributed by atoms with van der Waals surface area (Å²) in [7, 11) is -7.51. The summed E-state index contributed by atoms with van der Waals surface area (Å²) in [6.07, 6.45) is -4.78. The Morgan fingerprint density at radius 2 is 1.73 bits per heavy atom. The molecule has 0 aromatic carbocycles. The second-order valence-corrected chi connectivity index (χ2v) is 11.9. The number of carbonyl (C=O) groups excluding carboxylic acids is 1. The van der Waals surface area contributed by atoms with Gasteiger partial charge in [0.25, 0.3) is 10.2 Å². The number of hydrogen-bond acceptors (Lipinski definition) is 6. The van der Waals surface area contributed by atoms with Crippen LogP contribution in [0, 0.1) is 11.8 Å². The van der Waals surface area contributed by atoms with Crippen molar-refractivity contribution >= 4 is 36.9 Å². The van der Waals surface area contributed by atoms with Gasteiger partial charge in [-0.3, -0.25) is 4.79 Å². The summed E-state index contributed by atoms with van der Waals surface area (Å²) >= 11 is 0.878. The molecule has 7 nitrogen and oxygen atoms in total. The SMILES string of the molecule is CC(=O)SCC1CC(C(F)(F)F)CN(S(=O)(=O)N2CCS(=O)(=O)CC2)C1. The molecule has 0 amide bonds. The van der Waals surface area contributed by atoms with Crippen LogP contribution in [0.25, 0.3) is 0 Å². The molecular formula is C13H21F3N2O5S3. The number of thioether (sulfide) groups is 1. The van der Waals surface area contributed by atoms with Crippen LogP contribution in [-0.4, -0.2) is 80.2 Å². The highest BCUT2D eigenvalue weighted by molar-refractivity contribution is 8.13. The van der Waals surface area contributed by atoms with Gasteiger partial charge in [0.15, 0.2) is 15.0 Å². The smallest absolute Gasteiger partial charge is 0.288 e. The van der Waals surface area contributed by atoms with E-state index in [1.807, 2.05) is 0 Å². The molecular weight excluding hydrogens is 417 g/mol. The first-order chi connectivity index (χ1) is 11.8. The zero-order valence-corrected chi connectivity index (χ0v) is 16.6. The van der Waals surface area contributed by atoms with E-state index in [1.165, 1.54) is 6.92 Å².